The number of alkyl halides is 2. The van der Waals surface area contributed by atoms with Crippen LogP contribution in [-0.4, -0.2) is 54.3 Å². The fraction of sp³-hybridized carbons (Fsp3) is 0.765. The third kappa shape index (κ3) is 5.08. The largest absolute Gasteiger partial charge is 0.481 e. The minimum atomic E-state index is -2.59. The number of halogens is 2. The van der Waals surface area contributed by atoms with Crippen LogP contribution in [0, 0.1) is 0 Å². The van der Waals surface area contributed by atoms with Crippen molar-refractivity contribution >= 4 is 0 Å². The summed E-state index contributed by atoms with van der Waals surface area (Å²) in [5.74, 6) is -0.0741. The molecule has 2 aliphatic heterocycles. The van der Waals surface area contributed by atoms with E-state index in [9.17, 15) is 8.78 Å². The predicted molar refractivity (Wildman–Crippen MR) is 89.5 cm³/mol. The van der Waals surface area contributed by atoms with Gasteiger partial charge in [-0.3, -0.25) is 4.90 Å². The molecule has 0 radical (unpaired) electrons. The number of fused-ring (bicyclic) bond motifs is 1. The van der Waals surface area contributed by atoms with Crippen LogP contribution >= 0.6 is 0 Å². The lowest BCUT2D eigenvalue weighted by Crippen LogP contribution is -2.42. The van der Waals surface area contributed by atoms with Gasteiger partial charge in [0.25, 0.3) is 6.43 Å². The second-order valence-corrected chi connectivity index (χ2v) is 5.64. The molecule has 2 aliphatic rings. The Balaban J connectivity index is 0.000000218. The second-order valence-electron chi connectivity index (χ2n) is 5.64. The predicted octanol–water partition coefficient (Wildman–Crippen LogP) is 3.71. The molecule has 138 valence electrons. The van der Waals surface area contributed by atoms with Crippen LogP contribution in [0.25, 0.3) is 0 Å². The molecule has 2 saturated heterocycles. The zero-order valence-corrected chi connectivity index (χ0v) is 15.1. The van der Waals surface area contributed by atoms with E-state index in [1.54, 1.807) is 0 Å². The summed E-state index contributed by atoms with van der Waals surface area (Å²) in [6, 6.07) is 0. The van der Waals surface area contributed by atoms with Crippen molar-refractivity contribution in [2.75, 3.05) is 33.9 Å². The Morgan fingerprint density at radius 3 is 2.29 bits per heavy atom. The first-order valence-electron chi connectivity index (χ1n) is 8.49. The van der Waals surface area contributed by atoms with E-state index in [2.05, 4.69) is 19.6 Å². The van der Waals surface area contributed by atoms with Gasteiger partial charge in [-0.15, -0.1) is 0 Å². The molecule has 0 amide bonds. The molecule has 1 aromatic heterocycles. The van der Waals surface area contributed by atoms with E-state index in [-0.39, 0.29) is 11.4 Å². The smallest absolute Gasteiger partial charge is 0.270 e. The van der Waals surface area contributed by atoms with Gasteiger partial charge in [0.15, 0.2) is 0 Å². The molecule has 1 aromatic rings. The molecule has 0 aromatic carbocycles. The van der Waals surface area contributed by atoms with Gasteiger partial charge in [-0.1, -0.05) is 13.8 Å². The highest BCUT2D eigenvalue weighted by molar-refractivity contribution is 5.22. The van der Waals surface area contributed by atoms with Crippen molar-refractivity contribution in [3.8, 4) is 5.88 Å². The Bertz CT molecular complexity index is 465. The SMILES string of the molecule is CC.COCC12CCCN1CCC2.COc1ncncc1C(F)F. The molecular weight excluding hydrogens is 316 g/mol. The lowest BCUT2D eigenvalue weighted by molar-refractivity contribution is 0.0655. The summed E-state index contributed by atoms with van der Waals surface area (Å²) in [5, 5.41) is 0. The third-order valence-corrected chi connectivity index (χ3v) is 4.35. The fourth-order valence-corrected chi connectivity index (χ4v) is 3.38. The van der Waals surface area contributed by atoms with Crippen LogP contribution in [0.5, 0.6) is 5.88 Å². The van der Waals surface area contributed by atoms with E-state index in [0.717, 1.165) is 19.1 Å². The van der Waals surface area contributed by atoms with Gasteiger partial charge >= 0.3 is 0 Å². The standard InChI is InChI=1S/C9H17NO.C6H6F2N2O.C2H6/c1-11-8-9-4-2-6-10(9)7-3-5-9;1-11-6-4(5(7)8)2-9-3-10-6;1-2/h2-8H2,1H3;2-3,5H,1H3;1-2H3. The van der Waals surface area contributed by atoms with E-state index in [1.807, 2.05) is 21.0 Å². The average molecular weight is 345 g/mol. The Morgan fingerprint density at radius 1 is 1.21 bits per heavy atom. The molecule has 0 spiro atoms. The number of hydrogen-bond donors (Lipinski definition) is 0. The van der Waals surface area contributed by atoms with E-state index in [4.69, 9.17) is 4.74 Å². The number of methoxy groups -OCH3 is 2. The van der Waals surface area contributed by atoms with E-state index in [1.165, 1.54) is 45.9 Å². The van der Waals surface area contributed by atoms with E-state index in [0.29, 0.717) is 5.54 Å². The van der Waals surface area contributed by atoms with Gasteiger partial charge in [-0.2, -0.15) is 0 Å². The highest BCUT2D eigenvalue weighted by Crippen LogP contribution is 2.38. The van der Waals surface area contributed by atoms with Crippen LogP contribution in [0.1, 0.15) is 51.5 Å². The van der Waals surface area contributed by atoms with Crippen molar-refractivity contribution in [1.82, 2.24) is 14.9 Å². The molecule has 7 heteroatoms. The van der Waals surface area contributed by atoms with Crippen molar-refractivity contribution in [2.24, 2.45) is 0 Å². The quantitative estimate of drug-likeness (QED) is 0.832. The number of rotatable bonds is 4. The summed E-state index contributed by atoms with van der Waals surface area (Å²) < 4.78 is 34.0. The summed E-state index contributed by atoms with van der Waals surface area (Å²) >= 11 is 0. The van der Waals surface area contributed by atoms with E-state index >= 15 is 0 Å². The zero-order chi connectivity index (χ0) is 18.0. The first-order valence-corrected chi connectivity index (χ1v) is 8.49. The van der Waals surface area contributed by atoms with Gasteiger partial charge in [-0.05, 0) is 38.8 Å². The summed E-state index contributed by atoms with van der Waals surface area (Å²) in [7, 11) is 3.11. The number of hydrogen-bond acceptors (Lipinski definition) is 5. The lowest BCUT2D eigenvalue weighted by Gasteiger charge is -2.30. The molecule has 0 aliphatic carbocycles. The molecule has 0 bridgehead atoms. The van der Waals surface area contributed by atoms with Gasteiger partial charge < -0.3 is 9.47 Å². The van der Waals surface area contributed by atoms with Crippen molar-refractivity contribution in [3.63, 3.8) is 0 Å². The minimum absolute atomic E-state index is 0.0741. The maximum absolute atomic E-state index is 12.1. The van der Waals surface area contributed by atoms with Crippen LogP contribution in [0.2, 0.25) is 0 Å². The van der Waals surface area contributed by atoms with Crippen LogP contribution in [0.3, 0.4) is 0 Å². The van der Waals surface area contributed by atoms with Crippen LogP contribution < -0.4 is 4.74 Å². The third-order valence-electron chi connectivity index (χ3n) is 4.35. The maximum Gasteiger partial charge on any atom is 0.270 e. The average Bonchev–Trinajstić information content (AvgIpc) is 3.17. The molecule has 3 heterocycles. The molecule has 0 unspecified atom stereocenters. The molecule has 3 rings (SSSR count). The van der Waals surface area contributed by atoms with Crippen molar-refractivity contribution in [3.05, 3.63) is 18.1 Å². The molecule has 0 N–H and O–H groups in total. The molecule has 24 heavy (non-hydrogen) atoms. The first-order chi connectivity index (χ1) is 11.6. The van der Waals surface area contributed by atoms with Crippen molar-refractivity contribution in [2.45, 2.75) is 51.5 Å². The molecule has 0 atom stereocenters. The van der Waals surface area contributed by atoms with E-state index < -0.39 is 6.43 Å². The molecular formula is C17H29F2N3O2. The summed E-state index contributed by atoms with van der Waals surface area (Å²) in [6.07, 6.45) is 5.08. The number of aromatic nitrogens is 2. The van der Waals surface area contributed by atoms with Gasteiger partial charge in [0.05, 0.1) is 19.3 Å². The molecule has 0 saturated carbocycles. The number of ether oxygens (including phenoxy) is 2. The van der Waals surface area contributed by atoms with Gasteiger partial charge in [-0.25, -0.2) is 18.7 Å². The first kappa shape index (κ1) is 20.7. The van der Waals surface area contributed by atoms with Gasteiger partial charge in [0.1, 0.15) is 6.33 Å². The van der Waals surface area contributed by atoms with Crippen LogP contribution in [-0.2, 0) is 4.74 Å². The van der Waals surface area contributed by atoms with Crippen molar-refractivity contribution < 1.29 is 18.3 Å². The number of nitrogens with zero attached hydrogens (tertiary/aromatic N) is 3. The Hall–Kier alpha value is -1.34. The molecule has 5 nitrogen and oxygen atoms in total. The van der Waals surface area contributed by atoms with Crippen LogP contribution in [0.15, 0.2) is 12.5 Å². The highest BCUT2D eigenvalue weighted by Gasteiger charge is 2.43. The fourth-order valence-electron chi connectivity index (χ4n) is 3.38. The maximum atomic E-state index is 12.1. The highest BCUT2D eigenvalue weighted by atomic mass is 19.3. The Labute approximate surface area is 143 Å². The Kier molecular flexibility index (Phi) is 9.07. The summed E-state index contributed by atoms with van der Waals surface area (Å²) in [6.45, 7) is 7.57. The minimum Gasteiger partial charge on any atom is -0.481 e. The van der Waals surface area contributed by atoms with Gasteiger partial charge in [0.2, 0.25) is 5.88 Å². The van der Waals surface area contributed by atoms with Crippen molar-refractivity contribution in [1.29, 1.82) is 0 Å². The topological polar surface area (TPSA) is 47.5 Å². The molecule has 2 fully saturated rings. The lowest BCUT2D eigenvalue weighted by atomic mass is 9.95. The Morgan fingerprint density at radius 2 is 1.83 bits per heavy atom. The van der Waals surface area contributed by atoms with Crippen LogP contribution in [0.4, 0.5) is 8.78 Å². The monoisotopic (exact) mass is 345 g/mol. The van der Waals surface area contributed by atoms with Gasteiger partial charge in [0, 0.05) is 18.8 Å². The second kappa shape index (κ2) is 10.5. The normalized spacial score (nSPS) is 18.3. The zero-order valence-electron chi connectivity index (χ0n) is 15.1. The summed E-state index contributed by atoms with van der Waals surface area (Å²) in [5.41, 5.74) is 0.185. The summed E-state index contributed by atoms with van der Waals surface area (Å²) in [4.78, 5) is 9.57.